The van der Waals surface area contributed by atoms with Gasteiger partial charge in [-0.15, -0.1) is 0 Å². The van der Waals surface area contributed by atoms with Gasteiger partial charge in [0, 0.05) is 17.4 Å². The van der Waals surface area contributed by atoms with Crippen LogP contribution in [0.2, 0.25) is 5.02 Å². The van der Waals surface area contributed by atoms with Crippen molar-refractivity contribution in [3.63, 3.8) is 0 Å². The summed E-state index contributed by atoms with van der Waals surface area (Å²) in [6.07, 6.45) is 0.0421. The summed E-state index contributed by atoms with van der Waals surface area (Å²) in [5.74, 6) is -0.961. The maximum Gasteiger partial charge on any atom is 0.343 e. The quantitative estimate of drug-likeness (QED) is 0.719. The lowest BCUT2D eigenvalue weighted by Gasteiger charge is -2.18. The first-order valence-electron chi connectivity index (χ1n) is 7.47. The molecule has 0 radical (unpaired) electrons. The van der Waals surface area contributed by atoms with E-state index >= 15 is 0 Å². The first kappa shape index (κ1) is 16.3. The fourth-order valence-corrected chi connectivity index (χ4v) is 3.14. The summed E-state index contributed by atoms with van der Waals surface area (Å²) in [7, 11) is 0. The highest BCUT2D eigenvalue weighted by atomic mass is 35.5. The molecule has 1 atom stereocenters. The second-order valence-electron chi connectivity index (χ2n) is 5.63. The van der Waals surface area contributed by atoms with E-state index in [2.05, 4.69) is 0 Å². The predicted octanol–water partition coefficient (Wildman–Crippen LogP) is 4.26. The SMILES string of the molecule is CC(=O)C[C@H](c1ccccc1Cl)c1c(O)c2ccccc2oc1=O. The van der Waals surface area contributed by atoms with E-state index < -0.39 is 11.5 Å². The molecule has 3 rings (SSSR count). The lowest BCUT2D eigenvalue weighted by Crippen LogP contribution is -2.16. The van der Waals surface area contributed by atoms with Gasteiger partial charge in [0.1, 0.15) is 17.1 Å². The Morgan fingerprint density at radius 2 is 1.83 bits per heavy atom. The number of carbonyl (C=O) groups is 1. The zero-order valence-corrected chi connectivity index (χ0v) is 13.7. The Hall–Kier alpha value is -2.59. The molecular formula is C19H15ClO4. The van der Waals surface area contributed by atoms with E-state index in [4.69, 9.17) is 16.0 Å². The smallest absolute Gasteiger partial charge is 0.343 e. The molecule has 0 aliphatic carbocycles. The van der Waals surface area contributed by atoms with Gasteiger partial charge < -0.3 is 9.52 Å². The average Bonchev–Trinajstić information content (AvgIpc) is 2.54. The molecule has 3 aromatic rings. The van der Waals surface area contributed by atoms with E-state index in [-0.39, 0.29) is 23.5 Å². The van der Waals surface area contributed by atoms with Gasteiger partial charge in [-0.25, -0.2) is 4.79 Å². The second-order valence-corrected chi connectivity index (χ2v) is 6.04. The molecule has 0 spiro atoms. The second kappa shape index (κ2) is 6.49. The molecule has 0 amide bonds. The van der Waals surface area contributed by atoms with Gasteiger partial charge >= 0.3 is 5.63 Å². The Balaban J connectivity index is 2.29. The first-order chi connectivity index (χ1) is 11.5. The molecule has 0 bridgehead atoms. The topological polar surface area (TPSA) is 67.5 Å². The van der Waals surface area contributed by atoms with Gasteiger partial charge in [-0.2, -0.15) is 0 Å². The number of para-hydroxylation sites is 1. The number of rotatable bonds is 4. The third-order valence-corrected chi connectivity index (χ3v) is 4.28. The molecule has 1 aromatic heterocycles. The summed E-state index contributed by atoms with van der Waals surface area (Å²) in [6, 6.07) is 13.7. The molecule has 4 nitrogen and oxygen atoms in total. The highest BCUT2D eigenvalue weighted by Crippen LogP contribution is 2.38. The van der Waals surface area contributed by atoms with E-state index in [1.54, 1.807) is 48.5 Å². The number of halogens is 1. The molecule has 1 heterocycles. The van der Waals surface area contributed by atoms with Gasteiger partial charge in [0.05, 0.1) is 10.9 Å². The normalized spacial score (nSPS) is 12.2. The van der Waals surface area contributed by atoms with Crippen LogP contribution in [0.5, 0.6) is 5.75 Å². The van der Waals surface area contributed by atoms with Crippen molar-refractivity contribution in [3.05, 3.63) is 75.1 Å². The molecular weight excluding hydrogens is 328 g/mol. The summed E-state index contributed by atoms with van der Waals surface area (Å²) >= 11 is 6.25. The van der Waals surface area contributed by atoms with Crippen molar-refractivity contribution in [2.45, 2.75) is 19.3 Å². The molecule has 122 valence electrons. The van der Waals surface area contributed by atoms with Crippen molar-refractivity contribution in [2.75, 3.05) is 0 Å². The fourth-order valence-electron chi connectivity index (χ4n) is 2.87. The van der Waals surface area contributed by atoms with Crippen LogP contribution in [0.1, 0.15) is 30.4 Å². The van der Waals surface area contributed by atoms with Crippen molar-refractivity contribution < 1.29 is 14.3 Å². The minimum atomic E-state index is -0.669. The number of carbonyl (C=O) groups excluding carboxylic acids is 1. The number of hydrogen-bond acceptors (Lipinski definition) is 4. The average molecular weight is 343 g/mol. The number of Topliss-reactive ketones (excluding diaryl/α,β-unsaturated/α-hetero) is 1. The Morgan fingerprint density at radius 1 is 1.17 bits per heavy atom. The summed E-state index contributed by atoms with van der Waals surface area (Å²) in [5.41, 5.74) is 0.283. The third kappa shape index (κ3) is 2.93. The summed E-state index contributed by atoms with van der Waals surface area (Å²) in [4.78, 5) is 24.2. The van der Waals surface area contributed by atoms with E-state index in [0.29, 0.717) is 21.6 Å². The van der Waals surface area contributed by atoms with Crippen molar-refractivity contribution in [2.24, 2.45) is 0 Å². The van der Waals surface area contributed by atoms with Crippen LogP contribution in [0.15, 0.2) is 57.7 Å². The van der Waals surface area contributed by atoms with Crippen molar-refractivity contribution in [1.82, 2.24) is 0 Å². The summed E-state index contributed by atoms with van der Waals surface area (Å²) in [5, 5.41) is 11.5. The summed E-state index contributed by atoms with van der Waals surface area (Å²) in [6.45, 7) is 1.43. The van der Waals surface area contributed by atoms with Crippen LogP contribution in [0.25, 0.3) is 11.0 Å². The van der Waals surface area contributed by atoms with Crippen LogP contribution in [0.3, 0.4) is 0 Å². The van der Waals surface area contributed by atoms with Crippen LogP contribution in [-0.4, -0.2) is 10.9 Å². The zero-order valence-electron chi connectivity index (χ0n) is 13.0. The molecule has 2 aromatic carbocycles. The monoisotopic (exact) mass is 342 g/mol. The molecule has 5 heteroatoms. The van der Waals surface area contributed by atoms with Crippen LogP contribution in [0, 0.1) is 0 Å². The predicted molar refractivity (Wildman–Crippen MR) is 92.7 cm³/mol. The number of hydrogen-bond donors (Lipinski definition) is 1. The van der Waals surface area contributed by atoms with Gasteiger partial charge in [0.2, 0.25) is 0 Å². The van der Waals surface area contributed by atoms with Gasteiger partial charge in [0.25, 0.3) is 0 Å². The van der Waals surface area contributed by atoms with Crippen molar-refractivity contribution in [3.8, 4) is 5.75 Å². The third-order valence-electron chi connectivity index (χ3n) is 3.94. The van der Waals surface area contributed by atoms with Crippen molar-refractivity contribution in [1.29, 1.82) is 0 Å². The number of benzene rings is 2. The largest absolute Gasteiger partial charge is 0.507 e. The number of fused-ring (bicyclic) bond motifs is 1. The summed E-state index contributed by atoms with van der Waals surface area (Å²) < 4.78 is 5.33. The molecule has 0 unspecified atom stereocenters. The Bertz CT molecular complexity index is 975. The highest BCUT2D eigenvalue weighted by molar-refractivity contribution is 6.31. The van der Waals surface area contributed by atoms with Crippen molar-refractivity contribution >= 4 is 28.4 Å². The van der Waals surface area contributed by atoms with Gasteiger partial charge in [-0.3, -0.25) is 4.79 Å². The molecule has 0 aliphatic rings. The number of ketones is 1. The number of aromatic hydroxyl groups is 1. The molecule has 0 saturated heterocycles. The molecule has 0 fully saturated rings. The molecule has 1 N–H and O–H groups in total. The Morgan fingerprint density at radius 3 is 2.54 bits per heavy atom. The lowest BCUT2D eigenvalue weighted by atomic mass is 9.87. The Labute approximate surface area is 143 Å². The molecule has 0 aliphatic heterocycles. The van der Waals surface area contributed by atoms with E-state index in [1.807, 2.05) is 0 Å². The first-order valence-corrected chi connectivity index (χ1v) is 7.85. The zero-order chi connectivity index (χ0) is 17.3. The maximum atomic E-state index is 12.5. The van der Waals surface area contributed by atoms with Gasteiger partial charge in [-0.05, 0) is 30.7 Å². The van der Waals surface area contributed by atoms with Crippen LogP contribution in [0.4, 0.5) is 0 Å². The minimum Gasteiger partial charge on any atom is -0.507 e. The van der Waals surface area contributed by atoms with Crippen LogP contribution < -0.4 is 5.63 Å². The minimum absolute atomic E-state index is 0.0421. The lowest BCUT2D eigenvalue weighted by molar-refractivity contribution is -0.117. The van der Waals surface area contributed by atoms with Crippen LogP contribution >= 0.6 is 11.6 Å². The van der Waals surface area contributed by atoms with E-state index in [9.17, 15) is 14.7 Å². The van der Waals surface area contributed by atoms with E-state index in [1.165, 1.54) is 6.92 Å². The molecule has 24 heavy (non-hydrogen) atoms. The van der Waals surface area contributed by atoms with Gasteiger partial charge in [-0.1, -0.05) is 41.9 Å². The van der Waals surface area contributed by atoms with Gasteiger partial charge in [0.15, 0.2) is 0 Å². The highest BCUT2D eigenvalue weighted by Gasteiger charge is 2.27. The Kier molecular flexibility index (Phi) is 4.40. The molecule has 0 saturated carbocycles. The maximum absolute atomic E-state index is 12.5. The standard InChI is InChI=1S/C19H15ClO4/c1-11(21)10-14(12-6-2-4-8-15(12)20)17-18(22)13-7-3-5-9-16(13)24-19(17)23/h2-9,14,22H,10H2,1H3/t14-/m1/s1. The van der Waals surface area contributed by atoms with E-state index in [0.717, 1.165) is 0 Å². The van der Waals surface area contributed by atoms with Crippen LogP contribution in [-0.2, 0) is 4.79 Å². The fraction of sp³-hybridized carbons (Fsp3) is 0.158.